The topological polar surface area (TPSA) is 57.7 Å². The molecule has 6 heteroatoms. The van der Waals surface area contributed by atoms with Crippen LogP contribution >= 0.6 is 0 Å². The Morgan fingerprint density at radius 1 is 1.11 bits per heavy atom. The van der Waals surface area contributed by atoms with Gasteiger partial charge >= 0.3 is 0 Å². The molecule has 1 heterocycles. The van der Waals surface area contributed by atoms with Crippen molar-refractivity contribution in [2.24, 2.45) is 5.92 Å². The molecule has 1 unspecified atom stereocenters. The van der Waals surface area contributed by atoms with Crippen molar-refractivity contribution in [1.29, 1.82) is 0 Å². The van der Waals surface area contributed by atoms with E-state index in [0.29, 0.717) is 11.5 Å². The number of hydrogen-bond donors (Lipinski definition) is 0. The lowest BCUT2D eigenvalue weighted by Crippen LogP contribution is -2.39. The van der Waals surface area contributed by atoms with Gasteiger partial charge in [-0.2, -0.15) is 4.31 Å². The molecular weight excluding hydrogens is 372 g/mol. The van der Waals surface area contributed by atoms with Crippen LogP contribution < -0.4 is 0 Å². The van der Waals surface area contributed by atoms with Crippen molar-refractivity contribution < 1.29 is 13.2 Å². The third kappa shape index (κ3) is 4.62. The van der Waals surface area contributed by atoms with Gasteiger partial charge < -0.3 is 4.90 Å². The molecule has 1 aliphatic rings. The molecule has 1 fully saturated rings. The summed E-state index contributed by atoms with van der Waals surface area (Å²) in [4.78, 5) is 14.9. The van der Waals surface area contributed by atoms with Crippen molar-refractivity contribution in [1.82, 2.24) is 9.21 Å². The molecule has 0 aliphatic carbocycles. The largest absolute Gasteiger partial charge is 0.338 e. The number of nitrogens with zero attached hydrogens (tertiary/aromatic N) is 2. The summed E-state index contributed by atoms with van der Waals surface area (Å²) in [5.41, 5.74) is 2.52. The Kier molecular flexibility index (Phi) is 6.20. The van der Waals surface area contributed by atoms with Gasteiger partial charge in [-0.15, -0.1) is 0 Å². The van der Waals surface area contributed by atoms with Gasteiger partial charge in [0.25, 0.3) is 5.91 Å². The number of piperidine rings is 1. The average molecular weight is 401 g/mol. The number of carbonyl (C=O) groups is 1. The smallest absolute Gasteiger partial charge is 0.253 e. The molecule has 0 N–H and O–H groups in total. The molecule has 0 saturated carbocycles. The first-order valence-corrected chi connectivity index (χ1v) is 11.1. The minimum atomic E-state index is -3.55. The second kappa shape index (κ2) is 8.45. The second-order valence-corrected chi connectivity index (χ2v) is 9.81. The van der Waals surface area contributed by atoms with E-state index in [4.69, 9.17) is 0 Å². The second-order valence-electron chi connectivity index (χ2n) is 7.77. The van der Waals surface area contributed by atoms with Crippen LogP contribution in [0.4, 0.5) is 0 Å². The van der Waals surface area contributed by atoms with Crippen LogP contribution in [0.1, 0.15) is 41.3 Å². The minimum Gasteiger partial charge on any atom is -0.338 e. The van der Waals surface area contributed by atoms with Gasteiger partial charge in [0.05, 0.1) is 4.90 Å². The first-order chi connectivity index (χ1) is 13.3. The van der Waals surface area contributed by atoms with Crippen molar-refractivity contribution in [2.45, 2.75) is 38.1 Å². The monoisotopic (exact) mass is 400 g/mol. The fourth-order valence-corrected chi connectivity index (χ4v) is 4.70. The molecule has 5 nitrogen and oxygen atoms in total. The number of likely N-dealkylation sites (tertiary alicyclic amines) is 1. The van der Waals surface area contributed by atoms with E-state index in [1.54, 1.807) is 43.4 Å². The van der Waals surface area contributed by atoms with Crippen molar-refractivity contribution in [3.8, 4) is 0 Å². The number of hydrogen-bond acceptors (Lipinski definition) is 3. The minimum absolute atomic E-state index is 0.0544. The standard InChI is InChI=1S/C22H28N2O3S/c1-17-6-12-21(13-7-17)28(26,27)23(3)16-19-8-10-20(11-9-19)22(25)24-14-4-5-18(2)15-24/h6-13,18H,4-5,14-16H2,1-3H3. The predicted octanol–water partition coefficient (Wildman–Crippen LogP) is 3.69. The number of aryl methyl sites for hydroxylation is 1. The van der Waals surface area contributed by atoms with Gasteiger partial charge in [-0.05, 0) is 55.5 Å². The third-order valence-corrected chi connectivity index (χ3v) is 7.10. The summed E-state index contributed by atoms with van der Waals surface area (Å²) >= 11 is 0. The van der Waals surface area contributed by atoms with E-state index in [0.717, 1.165) is 30.6 Å². The first-order valence-electron chi connectivity index (χ1n) is 9.68. The zero-order valence-electron chi connectivity index (χ0n) is 16.8. The van der Waals surface area contributed by atoms with E-state index < -0.39 is 10.0 Å². The highest BCUT2D eigenvalue weighted by Crippen LogP contribution is 2.20. The summed E-state index contributed by atoms with van der Waals surface area (Å²) in [6, 6.07) is 14.1. The number of amides is 1. The summed E-state index contributed by atoms with van der Waals surface area (Å²) in [7, 11) is -1.97. The van der Waals surface area contributed by atoms with Gasteiger partial charge in [-0.25, -0.2) is 8.42 Å². The lowest BCUT2D eigenvalue weighted by atomic mass is 9.99. The Morgan fingerprint density at radius 3 is 2.36 bits per heavy atom. The molecule has 150 valence electrons. The first kappa shape index (κ1) is 20.6. The average Bonchev–Trinajstić information content (AvgIpc) is 2.68. The molecule has 0 aromatic heterocycles. The van der Waals surface area contributed by atoms with E-state index in [2.05, 4.69) is 6.92 Å². The zero-order valence-corrected chi connectivity index (χ0v) is 17.6. The Labute approximate surface area is 168 Å². The van der Waals surface area contributed by atoms with Crippen LogP contribution in [0.15, 0.2) is 53.4 Å². The molecule has 1 aliphatic heterocycles. The number of sulfonamides is 1. The third-order valence-electron chi connectivity index (χ3n) is 5.28. The van der Waals surface area contributed by atoms with Crippen LogP contribution in [-0.2, 0) is 16.6 Å². The molecule has 1 saturated heterocycles. The lowest BCUT2D eigenvalue weighted by Gasteiger charge is -2.31. The summed E-state index contributed by atoms with van der Waals surface area (Å²) in [6.07, 6.45) is 2.22. The van der Waals surface area contributed by atoms with Crippen molar-refractivity contribution in [3.63, 3.8) is 0 Å². The van der Waals surface area contributed by atoms with Crippen LogP contribution in [0.5, 0.6) is 0 Å². The highest BCUT2D eigenvalue weighted by molar-refractivity contribution is 7.89. The molecule has 0 bridgehead atoms. The quantitative estimate of drug-likeness (QED) is 0.769. The van der Waals surface area contributed by atoms with Crippen LogP contribution in [0.2, 0.25) is 0 Å². The highest BCUT2D eigenvalue weighted by atomic mass is 32.2. The Hall–Kier alpha value is -2.18. The fraction of sp³-hybridized carbons (Fsp3) is 0.409. The van der Waals surface area contributed by atoms with Gasteiger partial charge in [0.2, 0.25) is 10.0 Å². The van der Waals surface area contributed by atoms with Gasteiger partial charge in [0, 0.05) is 32.2 Å². The lowest BCUT2D eigenvalue weighted by molar-refractivity contribution is 0.0683. The SMILES string of the molecule is Cc1ccc(S(=O)(=O)N(C)Cc2ccc(C(=O)N3CCCC(C)C3)cc2)cc1. The van der Waals surface area contributed by atoms with E-state index in [1.165, 1.54) is 10.7 Å². The predicted molar refractivity (Wildman–Crippen MR) is 111 cm³/mol. The summed E-state index contributed by atoms with van der Waals surface area (Å²) < 4.78 is 26.8. The molecule has 1 atom stereocenters. The Bertz CT molecular complexity index is 921. The van der Waals surface area contributed by atoms with E-state index >= 15 is 0 Å². The number of carbonyl (C=O) groups excluding carboxylic acids is 1. The maximum Gasteiger partial charge on any atom is 0.253 e. The van der Waals surface area contributed by atoms with Crippen molar-refractivity contribution >= 4 is 15.9 Å². The number of rotatable bonds is 5. The molecule has 28 heavy (non-hydrogen) atoms. The Balaban J connectivity index is 1.68. The molecule has 3 rings (SSSR count). The zero-order chi connectivity index (χ0) is 20.3. The van der Waals surface area contributed by atoms with E-state index in [9.17, 15) is 13.2 Å². The van der Waals surface area contributed by atoms with Crippen molar-refractivity contribution in [2.75, 3.05) is 20.1 Å². The highest BCUT2D eigenvalue weighted by Gasteiger charge is 2.23. The normalized spacial score (nSPS) is 17.7. The van der Waals surface area contributed by atoms with Gasteiger partial charge in [-0.1, -0.05) is 36.8 Å². The molecule has 0 radical (unpaired) electrons. The molecule has 0 spiro atoms. The molecule has 1 amide bonds. The van der Waals surface area contributed by atoms with Crippen LogP contribution in [0, 0.1) is 12.8 Å². The number of benzene rings is 2. The molecule has 2 aromatic carbocycles. The van der Waals surface area contributed by atoms with Crippen LogP contribution in [0.25, 0.3) is 0 Å². The Morgan fingerprint density at radius 2 is 1.75 bits per heavy atom. The van der Waals surface area contributed by atoms with Gasteiger partial charge in [-0.3, -0.25) is 4.79 Å². The maximum atomic E-state index is 12.7. The molecule has 2 aromatic rings. The summed E-state index contributed by atoms with van der Waals surface area (Å²) in [5.74, 6) is 0.594. The maximum absolute atomic E-state index is 12.7. The van der Waals surface area contributed by atoms with Crippen molar-refractivity contribution in [3.05, 3.63) is 65.2 Å². The van der Waals surface area contributed by atoms with Crippen LogP contribution in [0.3, 0.4) is 0 Å². The molecular formula is C22H28N2O3S. The summed E-state index contributed by atoms with van der Waals surface area (Å²) in [5, 5.41) is 0. The van der Waals surface area contributed by atoms with Crippen LogP contribution in [-0.4, -0.2) is 43.7 Å². The van der Waals surface area contributed by atoms with E-state index in [1.807, 2.05) is 24.0 Å². The van der Waals surface area contributed by atoms with Gasteiger partial charge in [0.15, 0.2) is 0 Å². The summed E-state index contributed by atoms with van der Waals surface area (Å²) in [6.45, 7) is 5.96. The van der Waals surface area contributed by atoms with E-state index in [-0.39, 0.29) is 17.3 Å². The fourth-order valence-electron chi connectivity index (χ4n) is 3.54. The van der Waals surface area contributed by atoms with Gasteiger partial charge in [0.1, 0.15) is 0 Å².